The zero-order valence-electron chi connectivity index (χ0n) is 12.0. The first-order valence-corrected chi connectivity index (χ1v) is 9.34. The van der Waals surface area contributed by atoms with Gasteiger partial charge in [0.2, 0.25) is 10.0 Å². The van der Waals surface area contributed by atoms with Crippen LogP contribution in [0.25, 0.3) is 0 Å². The van der Waals surface area contributed by atoms with Crippen molar-refractivity contribution in [3.8, 4) is 0 Å². The van der Waals surface area contributed by atoms with Crippen LogP contribution in [0.5, 0.6) is 0 Å². The van der Waals surface area contributed by atoms with Crippen LogP contribution in [0.4, 0.5) is 0 Å². The number of nitrogens with one attached hydrogen (secondary N) is 1. The highest BCUT2D eigenvalue weighted by atomic mass is 79.9. The largest absolute Gasteiger partial charge is 0.450 e. The third kappa shape index (κ3) is 4.53. The van der Waals surface area contributed by atoms with Crippen LogP contribution >= 0.6 is 15.9 Å². The number of piperidine rings is 1. The van der Waals surface area contributed by atoms with E-state index in [1.165, 1.54) is 25.3 Å². The first-order valence-electron chi connectivity index (χ1n) is 7.06. The predicted octanol–water partition coefficient (Wildman–Crippen LogP) is 1.69. The highest BCUT2D eigenvalue weighted by molar-refractivity contribution is 9.10. The van der Waals surface area contributed by atoms with Crippen molar-refractivity contribution in [2.24, 2.45) is 0 Å². The molecule has 1 aromatic heterocycles. The molecule has 0 amide bonds. The van der Waals surface area contributed by atoms with Gasteiger partial charge in [-0.2, -0.15) is 0 Å². The van der Waals surface area contributed by atoms with Gasteiger partial charge in [-0.25, -0.2) is 13.1 Å². The second-order valence-corrected chi connectivity index (χ2v) is 7.80. The summed E-state index contributed by atoms with van der Waals surface area (Å²) < 4.78 is 32.6. The topological polar surface area (TPSA) is 82.8 Å². The molecule has 1 aliphatic rings. The molecule has 2 heterocycles. The highest BCUT2D eigenvalue weighted by Gasteiger charge is 2.25. The summed E-state index contributed by atoms with van der Waals surface area (Å²) in [5.74, 6) is 0.214. The predicted molar refractivity (Wildman–Crippen MR) is 82.4 cm³/mol. The Morgan fingerprint density at radius 3 is 2.67 bits per heavy atom. The van der Waals surface area contributed by atoms with Crippen LogP contribution < -0.4 is 4.72 Å². The minimum atomic E-state index is -3.66. The number of sulfonamides is 1. The summed E-state index contributed by atoms with van der Waals surface area (Å²) in [5, 5.41) is 9.00. The van der Waals surface area contributed by atoms with Crippen LogP contribution in [-0.4, -0.2) is 44.1 Å². The second-order valence-electron chi connectivity index (χ2n) is 5.39. The van der Waals surface area contributed by atoms with E-state index < -0.39 is 10.0 Å². The molecule has 1 atom stereocenters. The molecule has 0 spiro atoms. The lowest BCUT2D eigenvalue weighted by Crippen LogP contribution is -2.43. The summed E-state index contributed by atoms with van der Waals surface area (Å²) in [5.41, 5.74) is 0. The Kier molecular flexibility index (Phi) is 5.84. The van der Waals surface area contributed by atoms with E-state index in [9.17, 15) is 8.42 Å². The maximum absolute atomic E-state index is 12.3. The average molecular weight is 381 g/mol. The Labute approximate surface area is 133 Å². The van der Waals surface area contributed by atoms with Crippen LogP contribution in [0.1, 0.15) is 31.9 Å². The monoisotopic (exact) mass is 380 g/mol. The molecule has 1 unspecified atom stereocenters. The van der Waals surface area contributed by atoms with E-state index in [0.29, 0.717) is 6.54 Å². The van der Waals surface area contributed by atoms with E-state index in [-0.39, 0.29) is 28.0 Å². The summed E-state index contributed by atoms with van der Waals surface area (Å²) in [6.45, 7) is 4.26. The van der Waals surface area contributed by atoms with Gasteiger partial charge in [-0.1, -0.05) is 6.42 Å². The average Bonchev–Trinajstić information content (AvgIpc) is 2.81. The van der Waals surface area contributed by atoms with E-state index in [1.54, 1.807) is 0 Å². The molecule has 0 aliphatic carbocycles. The Bertz CT molecular complexity index is 567. The van der Waals surface area contributed by atoms with Crippen molar-refractivity contribution in [2.75, 3.05) is 19.6 Å². The highest BCUT2D eigenvalue weighted by Crippen LogP contribution is 2.26. The van der Waals surface area contributed by atoms with Gasteiger partial charge < -0.3 is 14.4 Å². The summed E-state index contributed by atoms with van der Waals surface area (Å²) in [6, 6.07) is 1.15. The molecule has 0 saturated carbocycles. The molecule has 0 aromatic carbocycles. The Morgan fingerprint density at radius 1 is 1.43 bits per heavy atom. The van der Waals surface area contributed by atoms with E-state index in [4.69, 9.17) is 9.52 Å². The van der Waals surface area contributed by atoms with Crippen LogP contribution in [0.3, 0.4) is 0 Å². The maximum Gasteiger partial charge on any atom is 0.245 e. The van der Waals surface area contributed by atoms with Crippen molar-refractivity contribution in [3.63, 3.8) is 0 Å². The van der Waals surface area contributed by atoms with Gasteiger partial charge >= 0.3 is 0 Å². The lowest BCUT2D eigenvalue weighted by molar-refractivity contribution is 0.215. The molecule has 0 radical (unpaired) electrons. The summed E-state index contributed by atoms with van der Waals surface area (Å²) in [7, 11) is -3.66. The van der Waals surface area contributed by atoms with Crippen LogP contribution in [-0.2, 0) is 16.6 Å². The zero-order valence-corrected chi connectivity index (χ0v) is 14.4. The zero-order chi connectivity index (χ0) is 15.5. The van der Waals surface area contributed by atoms with Crippen molar-refractivity contribution in [1.29, 1.82) is 0 Å². The maximum atomic E-state index is 12.3. The molecule has 6 nitrogen and oxygen atoms in total. The smallest absolute Gasteiger partial charge is 0.245 e. The van der Waals surface area contributed by atoms with Crippen molar-refractivity contribution in [2.45, 2.75) is 43.7 Å². The van der Waals surface area contributed by atoms with Gasteiger partial charge in [-0.15, -0.1) is 0 Å². The fourth-order valence-corrected chi connectivity index (χ4v) is 4.79. The minimum Gasteiger partial charge on any atom is -0.450 e. The SMILES string of the molecule is CC(CN1CCCCC1)NS(=O)(=O)c1cc(CO)oc1Br. The molecular weight excluding hydrogens is 360 g/mol. The fraction of sp³-hybridized carbons (Fsp3) is 0.692. The first kappa shape index (κ1) is 17.0. The normalized spacial score (nSPS) is 18.8. The van der Waals surface area contributed by atoms with Crippen molar-refractivity contribution < 1.29 is 17.9 Å². The Morgan fingerprint density at radius 2 is 2.10 bits per heavy atom. The molecule has 1 aliphatic heterocycles. The molecule has 1 saturated heterocycles. The van der Waals surface area contributed by atoms with Crippen molar-refractivity contribution in [3.05, 3.63) is 16.5 Å². The Hall–Kier alpha value is -0.410. The number of aliphatic hydroxyl groups is 1. The van der Waals surface area contributed by atoms with Crippen molar-refractivity contribution >= 4 is 26.0 Å². The van der Waals surface area contributed by atoms with Crippen LogP contribution in [0, 0.1) is 0 Å². The second kappa shape index (κ2) is 7.23. The van der Waals surface area contributed by atoms with E-state index in [1.807, 2.05) is 6.92 Å². The third-order valence-electron chi connectivity index (χ3n) is 3.49. The molecule has 8 heteroatoms. The van der Waals surface area contributed by atoms with Gasteiger partial charge in [0, 0.05) is 18.7 Å². The molecule has 2 rings (SSSR count). The minimum absolute atomic E-state index is 0.0250. The van der Waals surface area contributed by atoms with E-state index >= 15 is 0 Å². The van der Waals surface area contributed by atoms with Crippen LogP contribution in [0.15, 0.2) is 20.0 Å². The summed E-state index contributed by atoms with van der Waals surface area (Å²) >= 11 is 3.07. The Balaban J connectivity index is 2.00. The fourth-order valence-electron chi connectivity index (χ4n) is 2.55. The number of furan rings is 1. The van der Waals surface area contributed by atoms with Crippen LogP contribution in [0.2, 0.25) is 0 Å². The number of nitrogens with zero attached hydrogens (tertiary/aromatic N) is 1. The van der Waals surface area contributed by atoms with Gasteiger partial charge in [-0.3, -0.25) is 0 Å². The van der Waals surface area contributed by atoms with Gasteiger partial charge in [0.25, 0.3) is 0 Å². The lowest BCUT2D eigenvalue weighted by atomic mass is 10.1. The summed E-state index contributed by atoms with van der Waals surface area (Å²) in [4.78, 5) is 2.30. The molecule has 1 aromatic rings. The quantitative estimate of drug-likeness (QED) is 0.784. The van der Waals surface area contributed by atoms with Gasteiger partial charge in [0.15, 0.2) is 4.67 Å². The summed E-state index contributed by atoms with van der Waals surface area (Å²) in [6.07, 6.45) is 3.60. The number of hydrogen-bond acceptors (Lipinski definition) is 5. The third-order valence-corrected chi connectivity index (χ3v) is 5.94. The molecule has 2 N–H and O–H groups in total. The van der Waals surface area contributed by atoms with E-state index in [0.717, 1.165) is 13.1 Å². The number of halogens is 1. The number of likely N-dealkylation sites (tertiary alicyclic amines) is 1. The molecule has 1 fully saturated rings. The van der Waals surface area contributed by atoms with Gasteiger partial charge in [0.1, 0.15) is 17.3 Å². The molecule has 0 bridgehead atoms. The van der Waals surface area contributed by atoms with E-state index in [2.05, 4.69) is 25.6 Å². The number of hydrogen-bond donors (Lipinski definition) is 2. The lowest BCUT2D eigenvalue weighted by Gasteiger charge is -2.29. The number of aliphatic hydroxyl groups excluding tert-OH is 1. The molecule has 120 valence electrons. The molecule has 21 heavy (non-hydrogen) atoms. The molecular formula is C13H21BrN2O4S. The number of rotatable bonds is 6. The van der Waals surface area contributed by atoms with Gasteiger partial charge in [-0.05, 0) is 48.8 Å². The standard InChI is InChI=1S/C13H21BrN2O4S/c1-10(8-16-5-3-2-4-6-16)15-21(18,19)12-7-11(9-17)20-13(12)14/h7,10,15,17H,2-6,8-9H2,1H3. The van der Waals surface area contributed by atoms with Crippen molar-refractivity contribution in [1.82, 2.24) is 9.62 Å². The first-order chi connectivity index (χ1) is 9.92. The van der Waals surface area contributed by atoms with Gasteiger partial charge in [0.05, 0.1) is 0 Å².